The predicted octanol–water partition coefficient (Wildman–Crippen LogP) is 1.21. The van der Waals surface area contributed by atoms with Crippen LogP contribution >= 0.6 is 0 Å². The van der Waals surface area contributed by atoms with E-state index in [4.69, 9.17) is 6.42 Å². The highest BCUT2D eigenvalue weighted by atomic mass is 32.2. The molecule has 0 aromatic heterocycles. The quantitative estimate of drug-likeness (QED) is 0.658. The Morgan fingerprint density at radius 1 is 1.42 bits per heavy atom. The summed E-state index contributed by atoms with van der Waals surface area (Å²) in [6, 6.07) is 0. The first-order valence-electron chi connectivity index (χ1n) is 4.42. The molecule has 12 heavy (non-hydrogen) atoms. The van der Waals surface area contributed by atoms with Crippen LogP contribution in [0.2, 0.25) is 0 Å². The second-order valence-corrected chi connectivity index (χ2v) is 4.63. The fourth-order valence-electron chi connectivity index (χ4n) is 1.51. The summed E-state index contributed by atoms with van der Waals surface area (Å²) in [4.78, 5) is 0. The van der Waals surface area contributed by atoms with Crippen LogP contribution in [0.3, 0.4) is 0 Å². The van der Waals surface area contributed by atoms with Crippen molar-refractivity contribution < 1.29 is 4.21 Å². The Morgan fingerprint density at radius 3 is 2.67 bits per heavy atom. The van der Waals surface area contributed by atoms with Gasteiger partial charge in [0.05, 0.1) is 17.5 Å². The lowest BCUT2D eigenvalue weighted by molar-refractivity contribution is 0.502. The van der Waals surface area contributed by atoms with Crippen molar-refractivity contribution in [3.05, 3.63) is 0 Å². The van der Waals surface area contributed by atoms with Gasteiger partial charge in [0.25, 0.3) is 0 Å². The number of rotatable bonds is 3. The molecule has 0 aliphatic heterocycles. The third-order valence-electron chi connectivity index (χ3n) is 2.17. The maximum atomic E-state index is 11.5. The van der Waals surface area contributed by atoms with Crippen LogP contribution in [0.4, 0.5) is 0 Å². The zero-order valence-electron chi connectivity index (χ0n) is 7.21. The van der Waals surface area contributed by atoms with Crippen LogP contribution in [-0.2, 0) is 11.0 Å². The Kier molecular flexibility index (Phi) is 4.34. The Bertz CT molecular complexity index is 191. The smallest absolute Gasteiger partial charge is 0.0956 e. The molecule has 1 atom stereocenters. The van der Waals surface area contributed by atoms with E-state index >= 15 is 0 Å². The van der Waals surface area contributed by atoms with Crippen molar-refractivity contribution in [3.8, 4) is 12.3 Å². The summed E-state index contributed by atoms with van der Waals surface area (Å²) >= 11 is 0. The Labute approximate surface area is 76.7 Å². The highest BCUT2D eigenvalue weighted by Crippen LogP contribution is 2.20. The maximum absolute atomic E-state index is 11.5. The molecule has 0 radical (unpaired) electrons. The molecule has 68 valence electrons. The largest absolute Gasteiger partial charge is 0.243 e. The first-order chi connectivity index (χ1) is 5.84. The average Bonchev–Trinajstić information content (AvgIpc) is 2.15. The summed E-state index contributed by atoms with van der Waals surface area (Å²) in [6.07, 6.45) is 11.0. The van der Waals surface area contributed by atoms with E-state index in [1.54, 1.807) is 0 Å². The molecule has 1 saturated carbocycles. The molecule has 1 aliphatic rings. The third kappa shape index (κ3) is 2.96. The van der Waals surface area contributed by atoms with Gasteiger partial charge in [-0.15, -0.1) is 6.42 Å². The lowest BCUT2D eigenvalue weighted by atomic mass is 10.0. The molecule has 0 bridgehead atoms. The fourth-order valence-corrected chi connectivity index (χ4v) is 2.73. The van der Waals surface area contributed by atoms with Crippen molar-refractivity contribution in [1.29, 1.82) is 0 Å². The van der Waals surface area contributed by atoms with Gasteiger partial charge in [-0.05, 0) is 12.8 Å². The summed E-state index contributed by atoms with van der Waals surface area (Å²) in [5.41, 5.74) is 0. The predicted molar refractivity (Wildman–Crippen MR) is 51.9 cm³/mol. The van der Waals surface area contributed by atoms with Crippen LogP contribution in [-0.4, -0.2) is 16.0 Å². The average molecular weight is 185 g/mol. The van der Waals surface area contributed by atoms with Crippen molar-refractivity contribution >= 4 is 11.0 Å². The SMILES string of the molecule is C#CCNS(=O)C1CCCCC1. The highest BCUT2D eigenvalue weighted by molar-refractivity contribution is 7.83. The minimum Gasteiger partial charge on any atom is -0.243 e. The molecular weight excluding hydrogens is 170 g/mol. The zero-order valence-corrected chi connectivity index (χ0v) is 8.03. The van der Waals surface area contributed by atoms with Crippen molar-refractivity contribution in [2.75, 3.05) is 6.54 Å². The van der Waals surface area contributed by atoms with Crippen LogP contribution in [0.15, 0.2) is 0 Å². The van der Waals surface area contributed by atoms with Crippen LogP contribution in [0.1, 0.15) is 32.1 Å². The van der Waals surface area contributed by atoms with Gasteiger partial charge < -0.3 is 0 Å². The maximum Gasteiger partial charge on any atom is 0.0956 e. The molecule has 0 saturated heterocycles. The van der Waals surface area contributed by atoms with E-state index in [0.29, 0.717) is 11.8 Å². The van der Waals surface area contributed by atoms with E-state index in [-0.39, 0.29) is 0 Å². The van der Waals surface area contributed by atoms with Gasteiger partial charge in [-0.2, -0.15) is 0 Å². The molecule has 1 rings (SSSR count). The lowest BCUT2D eigenvalue weighted by Gasteiger charge is -2.20. The molecule has 2 nitrogen and oxygen atoms in total. The van der Waals surface area contributed by atoms with E-state index in [2.05, 4.69) is 10.6 Å². The Hall–Kier alpha value is -0.330. The van der Waals surface area contributed by atoms with Gasteiger partial charge in [0.15, 0.2) is 0 Å². The van der Waals surface area contributed by atoms with Crippen LogP contribution in [0.5, 0.6) is 0 Å². The monoisotopic (exact) mass is 185 g/mol. The van der Waals surface area contributed by atoms with Crippen molar-refractivity contribution in [1.82, 2.24) is 4.72 Å². The number of terminal acetylenes is 1. The van der Waals surface area contributed by atoms with Crippen LogP contribution in [0, 0.1) is 12.3 Å². The third-order valence-corrected chi connectivity index (χ3v) is 3.68. The second kappa shape index (κ2) is 5.34. The number of hydrogen-bond donors (Lipinski definition) is 1. The summed E-state index contributed by atoms with van der Waals surface area (Å²) in [6.45, 7) is 0.420. The van der Waals surface area contributed by atoms with Gasteiger partial charge >= 0.3 is 0 Å². The fraction of sp³-hybridized carbons (Fsp3) is 0.778. The van der Waals surface area contributed by atoms with E-state index < -0.39 is 11.0 Å². The number of hydrogen-bond acceptors (Lipinski definition) is 1. The van der Waals surface area contributed by atoms with Crippen molar-refractivity contribution in [3.63, 3.8) is 0 Å². The number of nitrogens with one attached hydrogen (secondary N) is 1. The van der Waals surface area contributed by atoms with Crippen molar-refractivity contribution in [2.24, 2.45) is 0 Å². The molecule has 3 heteroatoms. The minimum absolute atomic E-state index is 0.340. The van der Waals surface area contributed by atoms with Gasteiger partial charge in [-0.3, -0.25) is 0 Å². The van der Waals surface area contributed by atoms with E-state index in [1.165, 1.54) is 19.3 Å². The van der Waals surface area contributed by atoms with Gasteiger partial charge in [0.2, 0.25) is 0 Å². The van der Waals surface area contributed by atoms with E-state index in [0.717, 1.165) is 12.8 Å². The lowest BCUT2D eigenvalue weighted by Crippen LogP contribution is -2.29. The second-order valence-electron chi connectivity index (χ2n) is 3.08. The molecule has 0 spiro atoms. The summed E-state index contributed by atoms with van der Waals surface area (Å²) < 4.78 is 14.3. The molecule has 1 fully saturated rings. The Morgan fingerprint density at radius 2 is 2.08 bits per heavy atom. The molecule has 1 aliphatic carbocycles. The van der Waals surface area contributed by atoms with Crippen molar-refractivity contribution in [2.45, 2.75) is 37.4 Å². The zero-order chi connectivity index (χ0) is 8.81. The van der Waals surface area contributed by atoms with Gasteiger partial charge in [0, 0.05) is 5.25 Å². The highest BCUT2D eigenvalue weighted by Gasteiger charge is 2.18. The molecule has 1 N–H and O–H groups in total. The summed E-state index contributed by atoms with van der Waals surface area (Å²) in [7, 11) is -0.899. The van der Waals surface area contributed by atoms with Crippen LogP contribution < -0.4 is 4.72 Å². The van der Waals surface area contributed by atoms with Gasteiger partial charge in [-0.1, -0.05) is 25.2 Å². The van der Waals surface area contributed by atoms with E-state index in [1.807, 2.05) is 0 Å². The molecule has 1 unspecified atom stereocenters. The molecule has 0 aromatic carbocycles. The topological polar surface area (TPSA) is 29.1 Å². The molecule has 0 aromatic rings. The van der Waals surface area contributed by atoms with Gasteiger partial charge in [0.1, 0.15) is 0 Å². The minimum atomic E-state index is -0.899. The molecule has 0 amide bonds. The first-order valence-corrected chi connectivity index (χ1v) is 5.63. The van der Waals surface area contributed by atoms with Crippen LogP contribution in [0.25, 0.3) is 0 Å². The molecule has 0 heterocycles. The normalized spacial score (nSPS) is 21.6. The Balaban J connectivity index is 2.26. The summed E-state index contributed by atoms with van der Waals surface area (Å²) in [5, 5.41) is 0.340. The summed E-state index contributed by atoms with van der Waals surface area (Å²) in [5.74, 6) is 2.43. The van der Waals surface area contributed by atoms with E-state index in [9.17, 15) is 4.21 Å². The van der Waals surface area contributed by atoms with Gasteiger partial charge in [-0.25, -0.2) is 8.93 Å². The standard InChI is InChI=1S/C9H15NOS/c1-2-8-10-12(11)9-6-4-3-5-7-9/h1,9-10H,3-8H2. The molecular formula is C9H15NOS. The first kappa shape index (κ1) is 9.76.